The SMILES string of the molecule is CCNC1CCOC(C2CCC(C(C)(C)C)CC2)C1. The Bertz CT molecular complexity index is 261. The second-order valence-corrected chi connectivity index (χ2v) is 7.67. The highest BCUT2D eigenvalue weighted by Gasteiger charge is 2.35. The summed E-state index contributed by atoms with van der Waals surface area (Å²) in [6.45, 7) is 11.5. The van der Waals surface area contributed by atoms with E-state index in [0.29, 0.717) is 17.6 Å². The van der Waals surface area contributed by atoms with E-state index < -0.39 is 0 Å². The summed E-state index contributed by atoms with van der Waals surface area (Å²) < 4.78 is 6.07. The van der Waals surface area contributed by atoms with Gasteiger partial charge in [-0.1, -0.05) is 27.7 Å². The van der Waals surface area contributed by atoms with Crippen molar-refractivity contribution in [3.8, 4) is 0 Å². The van der Waals surface area contributed by atoms with Crippen LogP contribution in [0, 0.1) is 17.3 Å². The van der Waals surface area contributed by atoms with Gasteiger partial charge in [0.25, 0.3) is 0 Å². The van der Waals surface area contributed by atoms with Gasteiger partial charge in [0, 0.05) is 12.6 Å². The van der Waals surface area contributed by atoms with Crippen LogP contribution in [0.25, 0.3) is 0 Å². The fraction of sp³-hybridized carbons (Fsp3) is 1.00. The van der Waals surface area contributed by atoms with E-state index in [9.17, 15) is 0 Å². The largest absolute Gasteiger partial charge is 0.378 e. The minimum Gasteiger partial charge on any atom is -0.378 e. The zero-order valence-corrected chi connectivity index (χ0v) is 13.4. The molecule has 0 amide bonds. The average molecular weight is 267 g/mol. The van der Waals surface area contributed by atoms with Crippen molar-refractivity contribution < 1.29 is 4.74 Å². The maximum Gasteiger partial charge on any atom is 0.0618 e. The lowest BCUT2D eigenvalue weighted by molar-refractivity contribution is -0.0490. The first-order valence-corrected chi connectivity index (χ1v) is 8.35. The molecular formula is C17H33NO. The van der Waals surface area contributed by atoms with E-state index in [1.165, 1.54) is 38.5 Å². The van der Waals surface area contributed by atoms with E-state index in [2.05, 4.69) is 33.0 Å². The van der Waals surface area contributed by atoms with Gasteiger partial charge in [-0.05, 0) is 62.3 Å². The lowest BCUT2D eigenvalue weighted by Gasteiger charge is -2.41. The molecular weight excluding hydrogens is 234 g/mol. The fourth-order valence-corrected chi connectivity index (χ4v) is 3.99. The first-order valence-electron chi connectivity index (χ1n) is 8.35. The highest BCUT2D eigenvalue weighted by Crippen LogP contribution is 2.42. The number of hydrogen-bond donors (Lipinski definition) is 1. The van der Waals surface area contributed by atoms with Gasteiger partial charge in [0.2, 0.25) is 0 Å². The molecule has 1 saturated heterocycles. The summed E-state index contributed by atoms with van der Waals surface area (Å²) in [5.41, 5.74) is 0.491. The van der Waals surface area contributed by atoms with Gasteiger partial charge >= 0.3 is 0 Å². The van der Waals surface area contributed by atoms with Crippen LogP contribution in [-0.2, 0) is 4.74 Å². The van der Waals surface area contributed by atoms with Crippen LogP contribution < -0.4 is 5.32 Å². The average Bonchev–Trinajstić information content (AvgIpc) is 2.39. The molecule has 1 aliphatic carbocycles. The van der Waals surface area contributed by atoms with Gasteiger partial charge in [-0.2, -0.15) is 0 Å². The van der Waals surface area contributed by atoms with Crippen molar-refractivity contribution in [3.05, 3.63) is 0 Å². The van der Waals surface area contributed by atoms with E-state index in [0.717, 1.165) is 25.0 Å². The molecule has 112 valence electrons. The predicted octanol–water partition coefficient (Wildman–Crippen LogP) is 4.00. The monoisotopic (exact) mass is 267 g/mol. The Hall–Kier alpha value is -0.0800. The van der Waals surface area contributed by atoms with Crippen molar-refractivity contribution >= 4 is 0 Å². The summed E-state index contributed by atoms with van der Waals surface area (Å²) >= 11 is 0. The van der Waals surface area contributed by atoms with Crippen LogP contribution in [0.15, 0.2) is 0 Å². The molecule has 0 aromatic carbocycles. The molecule has 2 nitrogen and oxygen atoms in total. The Kier molecular flexibility index (Phi) is 5.30. The number of rotatable bonds is 3. The van der Waals surface area contributed by atoms with Gasteiger partial charge in [-0.25, -0.2) is 0 Å². The second kappa shape index (κ2) is 6.58. The highest BCUT2D eigenvalue weighted by molar-refractivity contribution is 4.87. The van der Waals surface area contributed by atoms with Gasteiger partial charge in [0.05, 0.1) is 6.10 Å². The van der Waals surface area contributed by atoms with Crippen molar-refractivity contribution in [3.63, 3.8) is 0 Å². The third-order valence-corrected chi connectivity index (χ3v) is 5.33. The van der Waals surface area contributed by atoms with Crippen LogP contribution in [0.5, 0.6) is 0 Å². The smallest absolute Gasteiger partial charge is 0.0618 e. The molecule has 1 saturated carbocycles. The molecule has 0 bridgehead atoms. The zero-order valence-electron chi connectivity index (χ0n) is 13.4. The van der Waals surface area contributed by atoms with Crippen LogP contribution in [0.2, 0.25) is 0 Å². The molecule has 2 aliphatic rings. The molecule has 1 N–H and O–H groups in total. The Balaban J connectivity index is 1.81. The van der Waals surface area contributed by atoms with Gasteiger partial charge < -0.3 is 10.1 Å². The summed E-state index contributed by atoms with van der Waals surface area (Å²) in [6.07, 6.45) is 8.52. The number of ether oxygens (including phenoxy) is 1. The topological polar surface area (TPSA) is 21.3 Å². The molecule has 0 aromatic heterocycles. The van der Waals surface area contributed by atoms with Crippen molar-refractivity contribution in [2.75, 3.05) is 13.2 Å². The second-order valence-electron chi connectivity index (χ2n) is 7.67. The van der Waals surface area contributed by atoms with E-state index in [4.69, 9.17) is 4.74 Å². The maximum atomic E-state index is 6.07. The van der Waals surface area contributed by atoms with E-state index in [1.54, 1.807) is 0 Å². The molecule has 19 heavy (non-hydrogen) atoms. The standard InChI is InChI=1S/C17H33NO/c1-5-18-15-10-11-19-16(12-15)13-6-8-14(9-7-13)17(2,3)4/h13-16,18H,5-12H2,1-4H3. The molecule has 2 fully saturated rings. The predicted molar refractivity (Wildman–Crippen MR) is 81.3 cm³/mol. The van der Waals surface area contributed by atoms with Crippen LogP contribution in [-0.4, -0.2) is 25.3 Å². The van der Waals surface area contributed by atoms with Gasteiger partial charge in [0.15, 0.2) is 0 Å². The first-order chi connectivity index (χ1) is 9.00. The normalized spacial score (nSPS) is 37.3. The van der Waals surface area contributed by atoms with E-state index >= 15 is 0 Å². The van der Waals surface area contributed by atoms with Gasteiger partial charge in [0.1, 0.15) is 0 Å². The Morgan fingerprint density at radius 2 is 1.74 bits per heavy atom. The van der Waals surface area contributed by atoms with Crippen molar-refractivity contribution in [1.82, 2.24) is 5.32 Å². The van der Waals surface area contributed by atoms with Gasteiger partial charge in [-0.15, -0.1) is 0 Å². The highest BCUT2D eigenvalue weighted by atomic mass is 16.5. The molecule has 2 atom stereocenters. The lowest BCUT2D eigenvalue weighted by Crippen LogP contribution is -2.43. The molecule has 0 spiro atoms. The molecule has 0 aromatic rings. The summed E-state index contributed by atoms with van der Waals surface area (Å²) in [4.78, 5) is 0. The van der Waals surface area contributed by atoms with Crippen molar-refractivity contribution in [2.45, 2.75) is 78.4 Å². The maximum absolute atomic E-state index is 6.07. The third kappa shape index (κ3) is 4.19. The van der Waals surface area contributed by atoms with Crippen LogP contribution in [0.3, 0.4) is 0 Å². The summed E-state index contributed by atoms with van der Waals surface area (Å²) in [7, 11) is 0. The zero-order chi connectivity index (χ0) is 13.9. The summed E-state index contributed by atoms with van der Waals surface area (Å²) in [6, 6.07) is 0.698. The quantitative estimate of drug-likeness (QED) is 0.834. The number of hydrogen-bond acceptors (Lipinski definition) is 2. The Morgan fingerprint density at radius 3 is 2.32 bits per heavy atom. The van der Waals surface area contributed by atoms with Crippen LogP contribution >= 0.6 is 0 Å². The van der Waals surface area contributed by atoms with Crippen LogP contribution in [0.1, 0.15) is 66.2 Å². The van der Waals surface area contributed by atoms with E-state index in [1.807, 2.05) is 0 Å². The van der Waals surface area contributed by atoms with Crippen molar-refractivity contribution in [2.24, 2.45) is 17.3 Å². The summed E-state index contributed by atoms with van der Waals surface area (Å²) in [5.74, 6) is 1.73. The molecule has 2 rings (SSSR count). The molecule has 2 heteroatoms. The first kappa shape index (κ1) is 15.3. The van der Waals surface area contributed by atoms with Gasteiger partial charge in [-0.3, -0.25) is 0 Å². The van der Waals surface area contributed by atoms with Crippen LogP contribution in [0.4, 0.5) is 0 Å². The Labute approximate surface area is 119 Å². The minimum absolute atomic E-state index is 0.491. The molecule has 1 aliphatic heterocycles. The van der Waals surface area contributed by atoms with Crippen molar-refractivity contribution in [1.29, 1.82) is 0 Å². The molecule has 2 unspecified atom stereocenters. The van der Waals surface area contributed by atoms with E-state index in [-0.39, 0.29) is 0 Å². The molecule has 1 heterocycles. The molecule has 0 radical (unpaired) electrons. The fourth-order valence-electron chi connectivity index (χ4n) is 3.99. The number of nitrogens with one attached hydrogen (secondary N) is 1. The Morgan fingerprint density at radius 1 is 1.05 bits per heavy atom. The lowest BCUT2D eigenvalue weighted by atomic mass is 9.68. The summed E-state index contributed by atoms with van der Waals surface area (Å²) in [5, 5.41) is 3.61. The minimum atomic E-state index is 0.491. The third-order valence-electron chi connectivity index (χ3n) is 5.33.